The predicted molar refractivity (Wildman–Crippen MR) is 97.4 cm³/mol. The molecule has 1 amide bonds. The van der Waals surface area contributed by atoms with Gasteiger partial charge in [0.25, 0.3) is 0 Å². The second-order valence-corrected chi connectivity index (χ2v) is 6.24. The standard InChI is InChI=1S/C19H18ClFN2O3/c1-11(24)23-17(19-14(20)5-4-6-15(19)21)10-16(22-23)13-8-7-12(25-2)9-18(13)26-3/h4-9,17H,10H2,1-3H3/t17-/m0/s1. The van der Waals surface area contributed by atoms with Crippen LogP contribution in [0.3, 0.4) is 0 Å². The van der Waals surface area contributed by atoms with Crippen molar-refractivity contribution in [3.8, 4) is 11.5 Å². The topological polar surface area (TPSA) is 51.1 Å². The smallest absolute Gasteiger partial charge is 0.240 e. The molecular formula is C19H18ClFN2O3. The highest BCUT2D eigenvalue weighted by Crippen LogP contribution is 2.39. The van der Waals surface area contributed by atoms with Crippen LogP contribution in [-0.4, -0.2) is 30.8 Å². The van der Waals surface area contributed by atoms with Gasteiger partial charge in [-0.2, -0.15) is 5.10 Å². The third-order valence-corrected chi connectivity index (χ3v) is 4.62. The van der Waals surface area contributed by atoms with Gasteiger partial charge >= 0.3 is 0 Å². The number of hydrogen-bond donors (Lipinski definition) is 0. The lowest BCUT2D eigenvalue weighted by Gasteiger charge is -2.21. The second-order valence-electron chi connectivity index (χ2n) is 5.83. The van der Waals surface area contributed by atoms with Crippen LogP contribution in [0.4, 0.5) is 4.39 Å². The van der Waals surface area contributed by atoms with Gasteiger partial charge in [0.05, 0.1) is 26.0 Å². The quantitative estimate of drug-likeness (QED) is 0.803. The van der Waals surface area contributed by atoms with Crippen LogP contribution in [0.15, 0.2) is 41.5 Å². The molecule has 0 N–H and O–H groups in total. The van der Waals surface area contributed by atoms with Gasteiger partial charge in [0, 0.05) is 35.6 Å². The Hall–Kier alpha value is -2.60. The molecule has 3 rings (SSSR count). The molecule has 0 aliphatic carbocycles. The molecule has 0 saturated heterocycles. The third kappa shape index (κ3) is 3.24. The van der Waals surface area contributed by atoms with Crippen molar-refractivity contribution in [2.75, 3.05) is 14.2 Å². The van der Waals surface area contributed by atoms with Crippen LogP contribution < -0.4 is 9.47 Å². The zero-order valence-corrected chi connectivity index (χ0v) is 15.4. The fourth-order valence-electron chi connectivity index (χ4n) is 3.05. The summed E-state index contributed by atoms with van der Waals surface area (Å²) in [6.45, 7) is 1.39. The number of ether oxygens (including phenoxy) is 2. The van der Waals surface area contributed by atoms with Gasteiger partial charge in [-0.1, -0.05) is 17.7 Å². The van der Waals surface area contributed by atoms with Gasteiger partial charge in [-0.15, -0.1) is 0 Å². The highest BCUT2D eigenvalue weighted by atomic mass is 35.5. The number of halogens is 2. The highest BCUT2D eigenvalue weighted by molar-refractivity contribution is 6.31. The summed E-state index contributed by atoms with van der Waals surface area (Å²) in [4.78, 5) is 12.1. The molecule has 1 heterocycles. The fraction of sp³-hybridized carbons (Fsp3) is 0.263. The van der Waals surface area contributed by atoms with Crippen molar-refractivity contribution >= 4 is 23.2 Å². The lowest BCUT2D eigenvalue weighted by molar-refractivity contribution is -0.130. The molecule has 26 heavy (non-hydrogen) atoms. The van der Waals surface area contributed by atoms with E-state index >= 15 is 0 Å². The summed E-state index contributed by atoms with van der Waals surface area (Å²) in [6, 6.07) is 9.17. The van der Waals surface area contributed by atoms with Gasteiger partial charge in [-0.05, 0) is 24.3 Å². The molecule has 0 fully saturated rings. The molecule has 0 saturated carbocycles. The molecule has 0 bridgehead atoms. The van der Waals surface area contributed by atoms with E-state index in [1.165, 1.54) is 24.1 Å². The molecule has 7 heteroatoms. The summed E-state index contributed by atoms with van der Waals surface area (Å²) in [5, 5.41) is 5.95. The number of benzene rings is 2. The first-order valence-corrected chi connectivity index (χ1v) is 8.37. The molecule has 0 radical (unpaired) electrons. The Labute approximate surface area is 156 Å². The van der Waals surface area contributed by atoms with Gasteiger partial charge in [0.2, 0.25) is 5.91 Å². The number of amides is 1. The van der Waals surface area contributed by atoms with Crippen LogP contribution in [0.5, 0.6) is 11.5 Å². The molecule has 5 nitrogen and oxygen atoms in total. The maximum atomic E-state index is 14.4. The van der Waals surface area contributed by atoms with E-state index in [4.69, 9.17) is 21.1 Å². The van der Waals surface area contributed by atoms with Crippen LogP contribution in [0.2, 0.25) is 5.02 Å². The maximum absolute atomic E-state index is 14.4. The van der Waals surface area contributed by atoms with Crippen molar-refractivity contribution in [1.29, 1.82) is 0 Å². The first-order valence-electron chi connectivity index (χ1n) is 7.99. The fourth-order valence-corrected chi connectivity index (χ4v) is 3.34. The zero-order valence-electron chi connectivity index (χ0n) is 14.6. The monoisotopic (exact) mass is 376 g/mol. The first-order chi connectivity index (χ1) is 12.5. The molecule has 2 aromatic rings. The number of methoxy groups -OCH3 is 2. The largest absolute Gasteiger partial charge is 0.497 e. The summed E-state index contributed by atoms with van der Waals surface area (Å²) in [6.07, 6.45) is 0.322. The van der Waals surface area contributed by atoms with Crippen molar-refractivity contribution in [1.82, 2.24) is 5.01 Å². The normalized spacial score (nSPS) is 16.4. The average molecular weight is 377 g/mol. The summed E-state index contributed by atoms with van der Waals surface area (Å²) in [5.41, 5.74) is 1.59. The van der Waals surface area contributed by atoms with E-state index in [2.05, 4.69) is 5.10 Å². The molecule has 2 aromatic carbocycles. The number of hydrazone groups is 1. The van der Waals surface area contributed by atoms with Crippen molar-refractivity contribution in [3.63, 3.8) is 0 Å². The van der Waals surface area contributed by atoms with E-state index in [1.807, 2.05) is 0 Å². The minimum atomic E-state index is -0.608. The van der Waals surface area contributed by atoms with Gasteiger partial charge in [-0.25, -0.2) is 9.40 Å². The minimum absolute atomic E-state index is 0.260. The van der Waals surface area contributed by atoms with Crippen LogP contribution in [0.1, 0.15) is 30.5 Å². The number of carbonyl (C=O) groups is 1. The number of rotatable bonds is 4. The summed E-state index contributed by atoms with van der Waals surface area (Å²) in [5.74, 6) is 0.442. The van der Waals surface area contributed by atoms with Crippen LogP contribution >= 0.6 is 11.6 Å². The third-order valence-electron chi connectivity index (χ3n) is 4.29. The van der Waals surface area contributed by atoms with Crippen molar-refractivity contribution < 1.29 is 18.7 Å². The molecular weight excluding hydrogens is 359 g/mol. The highest BCUT2D eigenvalue weighted by Gasteiger charge is 2.35. The summed E-state index contributed by atoms with van der Waals surface area (Å²) >= 11 is 6.20. The van der Waals surface area contributed by atoms with Crippen molar-refractivity contribution in [2.45, 2.75) is 19.4 Å². The van der Waals surface area contributed by atoms with E-state index in [-0.39, 0.29) is 16.5 Å². The second kappa shape index (κ2) is 7.33. The predicted octanol–water partition coefficient (Wildman–Crippen LogP) is 4.19. The van der Waals surface area contributed by atoms with Gasteiger partial charge in [0.1, 0.15) is 17.3 Å². The SMILES string of the molecule is COc1ccc(C2=NN(C(C)=O)[C@H](c3c(F)cccc3Cl)C2)c(OC)c1. The number of nitrogens with zero attached hydrogens (tertiary/aromatic N) is 2. The Bertz CT molecular complexity index is 865. The molecule has 1 atom stereocenters. The number of hydrogen-bond acceptors (Lipinski definition) is 4. The molecule has 0 spiro atoms. The zero-order chi connectivity index (χ0) is 18.8. The van der Waals surface area contributed by atoms with Gasteiger partial charge in [-0.3, -0.25) is 4.79 Å². The van der Waals surface area contributed by atoms with Crippen LogP contribution in [0, 0.1) is 5.82 Å². The van der Waals surface area contributed by atoms with Crippen molar-refractivity contribution in [2.24, 2.45) is 5.10 Å². The Balaban J connectivity index is 2.04. The summed E-state index contributed by atoms with van der Waals surface area (Å²) < 4.78 is 25.0. The van der Waals surface area contributed by atoms with Gasteiger partial charge in [0.15, 0.2) is 0 Å². The lowest BCUT2D eigenvalue weighted by Crippen LogP contribution is -2.25. The van der Waals surface area contributed by atoms with E-state index < -0.39 is 11.9 Å². The molecule has 0 aromatic heterocycles. The molecule has 1 aliphatic rings. The van der Waals surface area contributed by atoms with Crippen molar-refractivity contribution in [3.05, 3.63) is 58.4 Å². The Kier molecular flexibility index (Phi) is 5.13. The van der Waals surface area contributed by atoms with E-state index in [0.717, 1.165) is 5.56 Å². The van der Waals surface area contributed by atoms with Crippen LogP contribution in [0.25, 0.3) is 0 Å². The average Bonchev–Trinajstić information content (AvgIpc) is 3.06. The lowest BCUT2D eigenvalue weighted by atomic mass is 9.97. The Morgan fingerprint density at radius 2 is 2.04 bits per heavy atom. The van der Waals surface area contributed by atoms with E-state index in [0.29, 0.717) is 23.6 Å². The Morgan fingerprint density at radius 3 is 2.65 bits per heavy atom. The molecule has 0 unspecified atom stereocenters. The Morgan fingerprint density at radius 1 is 1.27 bits per heavy atom. The molecule has 136 valence electrons. The van der Waals surface area contributed by atoms with Gasteiger partial charge < -0.3 is 9.47 Å². The summed E-state index contributed by atoms with van der Waals surface area (Å²) in [7, 11) is 3.11. The first kappa shape index (κ1) is 18.2. The molecule has 1 aliphatic heterocycles. The minimum Gasteiger partial charge on any atom is -0.497 e. The van der Waals surface area contributed by atoms with E-state index in [9.17, 15) is 9.18 Å². The maximum Gasteiger partial charge on any atom is 0.240 e. The van der Waals surface area contributed by atoms with E-state index in [1.54, 1.807) is 38.5 Å². The number of carbonyl (C=O) groups excluding carboxylic acids is 1. The van der Waals surface area contributed by atoms with Crippen LogP contribution in [-0.2, 0) is 4.79 Å².